The molecule has 6 heteroatoms. The number of halogens is 1. The zero-order valence-corrected chi connectivity index (χ0v) is 11.1. The van der Waals surface area contributed by atoms with Crippen molar-refractivity contribution in [2.45, 2.75) is 12.0 Å². The lowest BCUT2D eigenvalue weighted by molar-refractivity contribution is 0.0243. The van der Waals surface area contributed by atoms with Crippen LogP contribution in [0.25, 0.3) is 11.4 Å². The van der Waals surface area contributed by atoms with Crippen LogP contribution in [0.1, 0.15) is 12.3 Å². The summed E-state index contributed by atoms with van der Waals surface area (Å²) in [5.74, 6) is 0.781. The molecule has 1 saturated heterocycles. The highest BCUT2D eigenvalue weighted by atomic mass is 79.9. The number of rotatable bonds is 2. The van der Waals surface area contributed by atoms with Gasteiger partial charge in [0.25, 0.3) is 5.89 Å². The summed E-state index contributed by atoms with van der Waals surface area (Å²) in [6.45, 7) is 1.21. The molecule has 0 radical (unpaired) electrons. The Kier molecular flexibility index (Phi) is 2.93. The molecule has 0 aliphatic carbocycles. The maximum absolute atomic E-state index is 10.3. The first kappa shape index (κ1) is 11.8. The van der Waals surface area contributed by atoms with Crippen LogP contribution in [-0.4, -0.2) is 28.3 Å². The van der Waals surface area contributed by atoms with E-state index >= 15 is 0 Å². The molecule has 2 heterocycles. The lowest BCUT2D eigenvalue weighted by Crippen LogP contribution is -2.28. The smallest absolute Gasteiger partial charge is 0.260 e. The second-order valence-electron chi connectivity index (χ2n) is 4.39. The van der Waals surface area contributed by atoms with E-state index in [4.69, 9.17) is 4.52 Å². The second kappa shape index (κ2) is 4.46. The minimum absolute atomic E-state index is 0.283. The van der Waals surface area contributed by atoms with Gasteiger partial charge in [0.15, 0.2) is 5.60 Å². The Bertz CT molecular complexity index is 547. The zero-order valence-electron chi connectivity index (χ0n) is 9.56. The average Bonchev–Trinajstić information content (AvgIpc) is 2.99. The largest absolute Gasteiger partial charge is 0.379 e. The molecule has 1 aliphatic rings. The van der Waals surface area contributed by atoms with Gasteiger partial charge in [-0.2, -0.15) is 4.98 Å². The van der Waals surface area contributed by atoms with Crippen molar-refractivity contribution in [1.82, 2.24) is 15.5 Å². The molecule has 2 N–H and O–H groups in total. The van der Waals surface area contributed by atoms with Crippen LogP contribution < -0.4 is 5.32 Å². The fourth-order valence-corrected chi connectivity index (χ4v) is 2.25. The zero-order chi connectivity index (χ0) is 12.6. The van der Waals surface area contributed by atoms with E-state index in [9.17, 15) is 5.11 Å². The predicted molar refractivity (Wildman–Crippen MR) is 68.8 cm³/mol. The highest BCUT2D eigenvalue weighted by Crippen LogP contribution is 2.28. The molecule has 1 unspecified atom stereocenters. The standard InChI is InChI=1S/C12H12BrN3O2/c13-9-3-1-8(2-4-9)10-15-11(18-16-10)12(17)5-6-14-7-12/h1-4,14,17H,5-7H2. The van der Waals surface area contributed by atoms with Crippen LogP contribution in [0, 0.1) is 0 Å². The average molecular weight is 310 g/mol. The summed E-state index contributed by atoms with van der Waals surface area (Å²) < 4.78 is 6.17. The summed E-state index contributed by atoms with van der Waals surface area (Å²) in [7, 11) is 0. The number of nitrogens with zero attached hydrogens (tertiary/aromatic N) is 2. The van der Waals surface area contributed by atoms with Gasteiger partial charge >= 0.3 is 0 Å². The van der Waals surface area contributed by atoms with Gasteiger partial charge < -0.3 is 14.9 Å². The van der Waals surface area contributed by atoms with Crippen molar-refractivity contribution in [3.8, 4) is 11.4 Å². The molecule has 94 valence electrons. The van der Waals surface area contributed by atoms with Crippen molar-refractivity contribution >= 4 is 15.9 Å². The summed E-state index contributed by atoms with van der Waals surface area (Å²) >= 11 is 3.37. The van der Waals surface area contributed by atoms with Crippen LogP contribution in [0.4, 0.5) is 0 Å². The monoisotopic (exact) mass is 309 g/mol. The van der Waals surface area contributed by atoms with Crippen LogP contribution in [-0.2, 0) is 5.60 Å². The molecule has 5 nitrogen and oxygen atoms in total. The Morgan fingerprint density at radius 3 is 2.78 bits per heavy atom. The number of aliphatic hydroxyl groups is 1. The first-order valence-electron chi connectivity index (χ1n) is 5.71. The molecule has 1 atom stereocenters. The van der Waals surface area contributed by atoms with Gasteiger partial charge in [-0.25, -0.2) is 0 Å². The fraction of sp³-hybridized carbons (Fsp3) is 0.333. The molecule has 0 spiro atoms. The molecular weight excluding hydrogens is 298 g/mol. The van der Waals surface area contributed by atoms with Crippen LogP contribution in [0.3, 0.4) is 0 Å². The van der Waals surface area contributed by atoms with Gasteiger partial charge in [-0.15, -0.1) is 0 Å². The third-order valence-electron chi connectivity index (χ3n) is 3.06. The maximum Gasteiger partial charge on any atom is 0.260 e. The Labute approximate surface area is 112 Å². The van der Waals surface area contributed by atoms with E-state index in [0.717, 1.165) is 16.6 Å². The Balaban J connectivity index is 1.91. The van der Waals surface area contributed by atoms with Crippen LogP contribution >= 0.6 is 15.9 Å². The fourth-order valence-electron chi connectivity index (χ4n) is 1.99. The molecule has 0 bridgehead atoms. The number of aromatic nitrogens is 2. The third-order valence-corrected chi connectivity index (χ3v) is 3.59. The molecule has 1 aliphatic heterocycles. The molecule has 3 rings (SSSR count). The van der Waals surface area contributed by atoms with Crippen molar-refractivity contribution in [2.75, 3.05) is 13.1 Å². The summed E-state index contributed by atoms with van der Waals surface area (Å²) in [5.41, 5.74) is -0.164. The van der Waals surface area contributed by atoms with E-state index in [2.05, 4.69) is 31.4 Å². The van der Waals surface area contributed by atoms with E-state index in [1.807, 2.05) is 24.3 Å². The summed E-state index contributed by atoms with van der Waals surface area (Å²) in [6.07, 6.45) is 0.592. The van der Waals surface area contributed by atoms with Gasteiger partial charge in [-0.3, -0.25) is 0 Å². The van der Waals surface area contributed by atoms with Crippen molar-refractivity contribution in [3.63, 3.8) is 0 Å². The minimum atomic E-state index is -1.03. The molecule has 0 saturated carbocycles. The normalized spacial score (nSPS) is 23.4. The van der Waals surface area contributed by atoms with Gasteiger partial charge in [0.05, 0.1) is 0 Å². The predicted octanol–water partition coefficient (Wildman–Crippen LogP) is 1.68. The van der Waals surface area contributed by atoms with Crippen molar-refractivity contribution in [1.29, 1.82) is 0 Å². The van der Waals surface area contributed by atoms with E-state index in [-0.39, 0.29) is 5.89 Å². The van der Waals surface area contributed by atoms with E-state index in [1.165, 1.54) is 0 Å². The summed E-state index contributed by atoms with van der Waals surface area (Å²) in [6, 6.07) is 7.62. The molecule has 0 amide bonds. The Morgan fingerprint density at radius 1 is 1.33 bits per heavy atom. The molecule has 2 aromatic rings. The second-order valence-corrected chi connectivity index (χ2v) is 5.30. The number of hydrogen-bond donors (Lipinski definition) is 2. The van der Waals surface area contributed by atoms with Crippen LogP contribution in [0.5, 0.6) is 0 Å². The first-order valence-corrected chi connectivity index (χ1v) is 6.50. The third kappa shape index (κ3) is 2.07. The highest BCUT2D eigenvalue weighted by molar-refractivity contribution is 9.10. The molecule has 18 heavy (non-hydrogen) atoms. The van der Waals surface area contributed by atoms with Gasteiger partial charge in [-0.05, 0) is 37.2 Å². The molecule has 1 aromatic carbocycles. The van der Waals surface area contributed by atoms with Crippen LogP contribution in [0.2, 0.25) is 0 Å². The first-order chi connectivity index (χ1) is 8.67. The van der Waals surface area contributed by atoms with Crippen molar-refractivity contribution < 1.29 is 9.63 Å². The van der Waals surface area contributed by atoms with Crippen molar-refractivity contribution in [2.24, 2.45) is 0 Å². The minimum Gasteiger partial charge on any atom is -0.379 e. The van der Waals surface area contributed by atoms with Crippen molar-refractivity contribution in [3.05, 3.63) is 34.6 Å². The summed E-state index contributed by atoms with van der Waals surface area (Å²) in [4.78, 5) is 4.28. The van der Waals surface area contributed by atoms with E-state index in [0.29, 0.717) is 18.8 Å². The quantitative estimate of drug-likeness (QED) is 0.883. The highest BCUT2D eigenvalue weighted by Gasteiger charge is 2.38. The number of nitrogens with one attached hydrogen (secondary N) is 1. The SMILES string of the molecule is OC1(c2nc(-c3ccc(Br)cc3)no2)CCNC1. The van der Waals surface area contributed by atoms with E-state index in [1.54, 1.807) is 0 Å². The lowest BCUT2D eigenvalue weighted by Gasteiger charge is -2.14. The molecule has 1 aromatic heterocycles. The van der Waals surface area contributed by atoms with Gasteiger partial charge in [-0.1, -0.05) is 21.1 Å². The van der Waals surface area contributed by atoms with Gasteiger partial charge in [0.1, 0.15) is 0 Å². The lowest BCUT2D eigenvalue weighted by atomic mass is 10.0. The molecule has 1 fully saturated rings. The topological polar surface area (TPSA) is 71.2 Å². The number of β-amino-alcohol motifs (C(OH)–C–C–N with tert-alkyl or cyclic N) is 1. The Hall–Kier alpha value is -1.24. The van der Waals surface area contributed by atoms with Gasteiger partial charge in [0.2, 0.25) is 5.82 Å². The Morgan fingerprint density at radius 2 is 2.11 bits per heavy atom. The summed E-state index contributed by atoms with van der Waals surface area (Å²) in [5, 5.41) is 17.3. The van der Waals surface area contributed by atoms with E-state index < -0.39 is 5.60 Å². The van der Waals surface area contributed by atoms with Crippen LogP contribution in [0.15, 0.2) is 33.3 Å². The molecular formula is C12H12BrN3O2. The number of hydrogen-bond acceptors (Lipinski definition) is 5. The maximum atomic E-state index is 10.3. The van der Waals surface area contributed by atoms with Gasteiger partial charge in [0, 0.05) is 16.6 Å². The number of benzene rings is 1.